The van der Waals surface area contributed by atoms with Crippen LogP contribution in [0.4, 0.5) is 0 Å². The Morgan fingerprint density at radius 3 is 2.50 bits per heavy atom. The van der Waals surface area contributed by atoms with E-state index in [4.69, 9.17) is 39.5 Å². The quantitative estimate of drug-likeness (QED) is 0.586. The average Bonchev–Trinajstić information content (AvgIpc) is 2.81. The van der Waals surface area contributed by atoms with E-state index < -0.39 is 5.97 Å². The number of hydrogen-bond acceptors (Lipinski definition) is 4. The number of ether oxygens (including phenoxy) is 1. The maximum atomic E-state index is 11.9. The Hall–Kier alpha value is -0.810. The van der Waals surface area contributed by atoms with Crippen LogP contribution in [0.5, 0.6) is 5.75 Å². The molecule has 0 aliphatic carbocycles. The smallest absolute Gasteiger partial charge is 0.317 e. The summed E-state index contributed by atoms with van der Waals surface area (Å²) in [5.41, 5.74) is 0.679. The van der Waals surface area contributed by atoms with E-state index in [2.05, 4.69) is 4.98 Å². The molecule has 0 radical (unpaired) electrons. The molecule has 0 fully saturated rings. The van der Waals surface area contributed by atoms with Gasteiger partial charge in [0.15, 0.2) is 5.75 Å². The Balaban J connectivity index is 2.08. The largest absolute Gasteiger partial charge is 0.423 e. The van der Waals surface area contributed by atoms with E-state index in [0.717, 1.165) is 11.4 Å². The van der Waals surface area contributed by atoms with Gasteiger partial charge in [-0.25, -0.2) is 4.98 Å². The zero-order valence-corrected chi connectivity index (χ0v) is 13.5. The monoisotopic (exact) mass is 349 g/mol. The summed E-state index contributed by atoms with van der Waals surface area (Å²) in [5, 5.41) is 3.60. The van der Waals surface area contributed by atoms with Crippen LogP contribution in [0, 0.1) is 0 Å². The standard InChI is InChI=1S/C13H10Cl3NO2S/c1-2-11-17-8(6-20-11)5-12(18)19-13-9(15)3-7(14)4-10(13)16/h3-4,6H,2,5H2,1H3. The van der Waals surface area contributed by atoms with Crippen molar-refractivity contribution in [1.82, 2.24) is 4.98 Å². The molecule has 1 heterocycles. The van der Waals surface area contributed by atoms with Gasteiger partial charge in [-0.15, -0.1) is 11.3 Å². The molecule has 7 heteroatoms. The van der Waals surface area contributed by atoms with Crippen molar-refractivity contribution in [3.63, 3.8) is 0 Å². The summed E-state index contributed by atoms with van der Waals surface area (Å²) in [6.45, 7) is 2.01. The molecule has 0 spiro atoms. The third-order valence-corrected chi connectivity index (χ3v) is 4.23. The first-order chi connectivity index (χ1) is 9.49. The lowest BCUT2D eigenvalue weighted by Gasteiger charge is -2.08. The number of esters is 1. The number of aryl methyl sites for hydroxylation is 1. The first kappa shape index (κ1) is 15.6. The number of carbonyl (C=O) groups excluding carboxylic acids is 1. The number of nitrogens with zero attached hydrogens (tertiary/aromatic N) is 1. The van der Waals surface area contributed by atoms with E-state index in [1.807, 2.05) is 12.3 Å². The van der Waals surface area contributed by atoms with Crippen LogP contribution in [-0.4, -0.2) is 11.0 Å². The highest BCUT2D eigenvalue weighted by atomic mass is 35.5. The average molecular weight is 351 g/mol. The second-order valence-corrected chi connectivity index (χ2v) is 6.13. The van der Waals surface area contributed by atoms with E-state index in [-0.39, 0.29) is 22.2 Å². The third-order valence-electron chi connectivity index (χ3n) is 2.41. The van der Waals surface area contributed by atoms with Gasteiger partial charge in [-0.1, -0.05) is 41.7 Å². The van der Waals surface area contributed by atoms with Gasteiger partial charge in [-0.05, 0) is 18.6 Å². The van der Waals surface area contributed by atoms with Crippen LogP contribution in [0.25, 0.3) is 0 Å². The lowest BCUT2D eigenvalue weighted by atomic mass is 10.3. The molecule has 3 nitrogen and oxygen atoms in total. The fourth-order valence-electron chi connectivity index (χ4n) is 1.52. The normalized spacial score (nSPS) is 10.6. The minimum atomic E-state index is -0.468. The summed E-state index contributed by atoms with van der Waals surface area (Å²) in [5.74, 6) is -0.349. The summed E-state index contributed by atoms with van der Waals surface area (Å²) < 4.78 is 5.18. The molecule has 0 N–H and O–H groups in total. The first-order valence-corrected chi connectivity index (χ1v) is 7.79. The van der Waals surface area contributed by atoms with Crippen molar-refractivity contribution in [2.45, 2.75) is 19.8 Å². The molecule has 0 saturated carbocycles. The molecule has 0 aliphatic heterocycles. The van der Waals surface area contributed by atoms with Gasteiger partial charge >= 0.3 is 5.97 Å². The summed E-state index contributed by atoms with van der Waals surface area (Å²) in [7, 11) is 0. The summed E-state index contributed by atoms with van der Waals surface area (Å²) in [6, 6.07) is 2.94. The molecule has 1 aromatic heterocycles. The van der Waals surface area contributed by atoms with Gasteiger partial charge in [-0.2, -0.15) is 0 Å². The van der Waals surface area contributed by atoms with E-state index in [1.165, 1.54) is 23.5 Å². The molecule has 0 bridgehead atoms. The van der Waals surface area contributed by atoms with Crippen LogP contribution in [0.15, 0.2) is 17.5 Å². The Kier molecular flexibility index (Phi) is 5.27. The molecule has 0 unspecified atom stereocenters. The lowest BCUT2D eigenvalue weighted by Crippen LogP contribution is -2.12. The lowest BCUT2D eigenvalue weighted by molar-refractivity contribution is -0.133. The number of aromatic nitrogens is 1. The molecule has 0 aliphatic rings. The van der Waals surface area contributed by atoms with E-state index >= 15 is 0 Å². The van der Waals surface area contributed by atoms with Gasteiger partial charge in [0.25, 0.3) is 0 Å². The minimum absolute atomic E-state index is 0.0752. The highest BCUT2D eigenvalue weighted by Crippen LogP contribution is 2.36. The highest BCUT2D eigenvalue weighted by Gasteiger charge is 2.15. The van der Waals surface area contributed by atoms with Crippen LogP contribution in [0.2, 0.25) is 15.1 Å². The zero-order valence-electron chi connectivity index (χ0n) is 10.5. The summed E-state index contributed by atoms with van der Waals surface area (Å²) in [6.07, 6.45) is 0.917. The van der Waals surface area contributed by atoms with Gasteiger partial charge in [0, 0.05) is 10.4 Å². The molecule has 2 rings (SSSR count). The van der Waals surface area contributed by atoms with Gasteiger partial charge in [0.05, 0.1) is 27.2 Å². The number of rotatable bonds is 4. The maximum Gasteiger partial charge on any atom is 0.317 e. The second-order valence-electron chi connectivity index (χ2n) is 3.94. The van der Waals surface area contributed by atoms with Crippen LogP contribution >= 0.6 is 46.1 Å². The molecule has 20 heavy (non-hydrogen) atoms. The van der Waals surface area contributed by atoms with Crippen molar-refractivity contribution in [1.29, 1.82) is 0 Å². The summed E-state index contributed by atoms with van der Waals surface area (Å²) >= 11 is 19.2. The van der Waals surface area contributed by atoms with E-state index in [9.17, 15) is 4.79 Å². The zero-order chi connectivity index (χ0) is 14.7. The number of thiazole rings is 1. The first-order valence-electron chi connectivity index (χ1n) is 5.78. The minimum Gasteiger partial charge on any atom is -0.423 e. The molecule has 0 saturated heterocycles. The maximum absolute atomic E-state index is 11.9. The number of carbonyl (C=O) groups is 1. The Morgan fingerprint density at radius 1 is 1.30 bits per heavy atom. The van der Waals surface area contributed by atoms with E-state index in [1.54, 1.807) is 0 Å². The predicted octanol–water partition coefficient (Wildman–Crippen LogP) is 4.81. The predicted molar refractivity (Wildman–Crippen MR) is 82.3 cm³/mol. The van der Waals surface area contributed by atoms with Crippen LogP contribution in [0.1, 0.15) is 17.6 Å². The van der Waals surface area contributed by atoms with Crippen LogP contribution in [0.3, 0.4) is 0 Å². The van der Waals surface area contributed by atoms with Crippen molar-refractivity contribution >= 4 is 52.1 Å². The molecule has 0 atom stereocenters. The van der Waals surface area contributed by atoms with Crippen molar-refractivity contribution in [3.05, 3.63) is 43.3 Å². The van der Waals surface area contributed by atoms with Crippen molar-refractivity contribution in [2.24, 2.45) is 0 Å². The second kappa shape index (κ2) is 6.76. The Bertz CT molecular complexity index is 619. The topological polar surface area (TPSA) is 39.2 Å². The molecular weight excluding hydrogens is 341 g/mol. The summed E-state index contributed by atoms with van der Waals surface area (Å²) in [4.78, 5) is 16.2. The molecular formula is C13H10Cl3NO2S. The van der Waals surface area contributed by atoms with Gasteiger partial charge in [0.1, 0.15) is 0 Å². The van der Waals surface area contributed by atoms with Crippen molar-refractivity contribution in [3.8, 4) is 5.75 Å². The van der Waals surface area contributed by atoms with Crippen LogP contribution in [-0.2, 0) is 17.6 Å². The fraction of sp³-hybridized carbons (Fsp3) is 0.231. The molecule has 1 aromatic carbocycles. The SMILES string of the molecule is CCc1nc(CC(=O)Oc2c(Cl)cc(Cl)cc2Cl)cs1. The highest BCUT2D eigenvalue weighted by molar-refractivity contribution is 7.09. The van der Waals surface area contributed by atoms with Crippen LogP contribution < -0.4 is 4.74 Å². The van der Waals surface area contributed by atoms with Crippen molar-refractivity contribution < 1.29 is 9.53 Å². The van der Waals surface area contributed by atoms with E-state index in [0.29, 0.717) is 10.7 Å². The van der Waals surface area contributed by atoms with Gasteiger partial charge < -0.3 is 4.74 Å². The number of halogens is 3. The number of benzene rings is 1. The molecule has 2 aromatic rings. The van der Waals surface area contributed by atoms with Crippen molar-refractivity contribution in [2.75, 3.05) is 0 Å². The number of hydrogen-bond donors (Lipinski definition) is 0. The Labute approximate surface area is 135 Å². The molecule has 0 amide bonds. The fourth-order valence-corrected chi connectivity index (χ4v) is 3.16. The third kappa shape index (κ3) is 3.85. The molecule has 106 valence electrons. The van der Waals surface area contributed by atoms with Gasteiger partial charge in [0.2, 0.25) is 0 Å². The van der Waals surface area contributed by atoms with Gasteiger partial charge in [-0.3, -0.25) is 4.79 Å². The Morgan fingerprint density at radius 2 is 1.95 bits per heavy atom.